The molecule has 0 saturated carbocycles. The van der Waals surface area contributed by atoms with Crippen molar-refractivity contribution in [3.8, 4) is 0 Å². The first-order valence-electron chi connectivity index (χ1n) is 6.95. The lowest BCUT2D eigenvalue weighted by Crippen LogP contribution is -2.38. The molecule has 2 atom stereocenters. The van der Waals surface area contributed by atoms with E-state index in [0.717, 1.165) is 29.8 Å². The van der Waals surface area contributed by atoms with Crippen LogP contribution in [0.5, 0.6) is 0 Å². The van der Waals surface area contributed by atoms with E-state index in [1.54, 1.807) is 12.1 Å². The zero-order valence-corrected chi connectivity index (χ0v) is 13.7. The van der Waals surface area contributed by atoms with Gasteiger partial charge in [0.05, 0.1) is 0 Å². The van der Waals surface area contributed by atoms with Gasteiger partial charge in [0, 0.05) is 10.5 Å². The van der Waals surface area contributed by atoms with E-state index in [4.69, 9.17) is 0 Å². The Kier molecular flexibility index (Phi) is 6.17. The number of rotatable bonds is 6. The Hall–Kier alpha value is -0.0600. The van der Waals surface area contributed by atoms with Crippen LogP contribution in [0.3, 0.4) is 0 Å². The molecule has 2 rings (SSSR count). The second kappa shape index (κ2) is 7.65. The third-order valence-corrected chi connectivity index (χ3v) is 5.57. The highest BCUT2D eigenvalue weighted by molar-refractivity contribution is 9.10. The maximum Gasteiger partial charge on any atom is 0.124 e. The molecule has 1 aromatic carbocycles. The monoisotopic (exact) mass is 345 g/mol. The molecular formula is C15H21BrFNS. The standard InChI is InChI=1S/C15H21BrFNS/c1-2-6-18-15(12-5-7-19-10-12)8-11-3-4-13(17)9-14(11)16/h3-4,9,12,15,18H,2,5-8,10H2,1H3. The second-order valence-corrected chi connectivity index (χ2v) is 7.13. The van der Waals surface area contributed by atoms with E-state index in [-0.39, 0.29) is 5.82 Å². The lowest BCUT2D eigenvalue weighted by molar-refractivity contribution is 0.379. The Labute approximate surface area is 127 Å². The van der Waals surface area contributed by atoms with Gasteiger partial charge in [-0.25, -0.2) is 4.39 Å². The van der Waals surface area contributed by atoms with Crippen LogP contribution in [0.25, 0.3) is 0 Å². The third kappa shape index (κ3) is 4.47. The smallest absolute Gasteiger partial charge is 0.124 e. The Bertz CT molecular complexity index is 407. The summed E-state index contributed by atoms with van der Waals surface area (Å²) < 4.78 is 14.0. The summed E-state index contributed by atoms with van der Waals surface area (Å²) in [6.45, 7) is 3.26. The van der Waals surface area contributed by atoms with Gasteiger partial charge >= 0.3 is 0 Å². The third-order valence-electron chi connectivity index (χ3n) is 3.65. The van der Waals surface area contributed by atoms with Crippen LogP contribution in [0.15, 0.2) is 22.7 Å². The molecule has 1 nitrogen and oxygen atoms in total. The summed E-state index contributed by atoms with van der Waals surface area (Å²) in [6, 6.07) is 5.54. The number of thioether (sulfide) groups is 1. The van der Waals surface area contributed by atoms with Crippen molar-refractivity contribution in [1.82, 2.24) is 5.32 Å². The van der Waals surface area contributed by atoms with E-state index in [1.165, 1.54) is 23.5 Å². The maximum absolute atomic E-state index is 13.1. The summed E-state index contributed by atoms with van der Waals surface area (Å²) in [7, 11) is 0. The topological polar surface area (TPSA) is 12.0 Å². The summed E-state index contributed by atoms with van der Waals surface area (Å²) in [5.74, 6) is 3.10. The summed E-state index contributed by atoms with van der Waals surface area (Å²) in [4.78, 5) is 0. The van der Waals surface area contributed by atoms with Gasteiger partial charge in [-0.05, 0) is 60.9 Å². The zero-order chi connectivity index (χ0) is 13.7. The molecule has 0 amide bonds. The Morgan fingerprint density at radius 1 is 1.53 bits per heavy atom. The molecule has 19 heavy (non-hydrogen) atoms. The minimum atomic E-state index is -0.176. The van der Waals surface area contributed by atoms with Gasteiger partial charge in [-0.2, -0.15) is 11.8 Å². The fourth-order valence-electron chi connectivity index (χ4n) is 2.53. The molecule has 0 radical (unpaired) electrons. The van der Waals surface area contributed by atoms with Crippen molar-refractivity contribution in [2.75, 3.05) is 18.1 Å². The molecule has 106 valence electrons. The van der Waals surface area contributed by atoms with E-state index >= 15 is 0 Å². The van der Waals surface area contributed by atoms with Crippen LogP contribution in [-0.4, -0.2) is 24.1 Å². The van der Waals surface area contributed by atoms with Crippen molar-refractivity contribution < 1.29 is 4.39 Å². The van der Waals surface area contributed by atoms with E-state index < -0.39 is 0 Å². The molecule has 0 spiro atoms. The molecule has 1 heterocycles. The van der Waals surface area contributed by atoms with Gasteiger partial charge in [0.1, 0.15) is 5.82 Å². The predicted octanol–water partition coefficient (Wildman–Crippen LogP) is 4.25. The Morgan fingerprint density at radius 2 is 2.37 bits per heavy atom. The van der Waals surface area contributed by atoms with Crippen molar-refractivity contribution in [2.45, 2.75) is 32.2 Å². The molecular weight excluding hydrogens is 325 g/mol. The number of hydrogen-bond donors (Lipinski definition) is 1. The van der Waals surface area contributed by atoms with Crippen LogP contribution in [0.1, 0.15) is 25.3 Å². The van der Waals surface area contributed by atoms with Crippen molar-refractivity contribution >= 4 is 27.7 Å². The van der Waals surface area contributed by atoms with Crippen molar-refractivity contribution in [3.63, 3.8) is 0 Å². The lowest BCUT2D eigenvalue weighted by Gasteiger charge is -2.25. The molecule has 1 aliphatic rings. The van der Waals surface area contributed by atoms with Gasteiger partial charge < -0.3 is 5.32 Å². The summed E-state index contributed by atoms with van der Waals surface area (Å²) in [5, 5.41) is 3.67. The number of halogens is 2. The molecule has 0 bridgehead atoms. The van der Waals surface area contributed by atoms with Crippen LogP contribution in [-0.2, 0) is 6.42 Å². The van der Waals surface area contributed by atoms with Crippen LogP contribution in [0, 0.1) is 11.7 Å². The van der Waals surface area contributed by atoms with Crippen LogP contribution in [0.2, 0.25) is 0 Å². The van der Waals surface area contributed by atoms with Crippen molar-refractivity contribution in [1.29, 1.82) is 0 Å². The number of benzene rings is 1. The Morgan fingerprint density at radius 3 is 3.00 bits per heavy atom. The first kappa shape index (κ1) is 15.3. The van der Waals surface area contributed by atoms with Crippen molar-refractivity contribution in [3.05, 3.63) is 34.1 Å². The summed E-state index contributed by atoms with van der Waals surface area (Å²) >= 11 is 5.53. The molecule has 2 unspecified atom stereocenters. The molecule has 0 aromatic heterocycles. The van der Waals surface area contributed by atoms with Crippen LogP contribution < -0.4 is 5.32 Å². The van der Waals surface area contributed by atoms with Gasteiger partial charge in [0.25, 0.3) is 0 Å². The average molecular weight is 346 g/mol. The van der Waals surface area contributed by atoms with E-state index in [0.29, 0.717) is 6.04 Å². The lowest BCUT2D eigenvalue weighted by atomic mass is 9.93. The Balaban J connectivity index is 2.05. The highest BCUT2D eigenvalue weighted by atomic mass is 79.9. The predicted molar refractivity (Wildman–Crippen MR) is 85.3 cm³/mol. The van der Waals surface area contributed by atoms with Gasteiger partial charge in [-0.1, -0.05) is 28.9 Å². The van der Waals surface area contributed by atoms with E-state index in [9.17, 15) is 4.39 Å². The van der Waals surface area contributed by atoms with E-state index in [2.05, 4.69) is 28.2 Å². The molecule has 0 aliphatic carbocycles. The molecule has 1 aromatic rings. The number of hydrogen-bond acceptors (Lipinski definition) is 2. The van der Waals surface area contributed by atoms with Gasteiger partial charge in [-0.15, -0.1) is 0 Å². The molecule has 1 N–H and O–H groups in total. The van der Waals surface area contributed by atoms with Crippen LogP contribution >= 0.6 is 27.7 Å². The quantitative estimate of drug-likeness (QED) is 0.826. The largest absolute Gasteiger partial charge is 0.313 e. The van der Waals surface area contributed by atoms with Gasteiger partial charge in [0.2, 0.25) is 0 Å². The molecule has 1 fully saturated rings. The fraction of sp³-hybridized carbons (Fsp3) is 0.600. The SMILES string of the molecule is CCCNC(Cc1ccc(F)cc1Br)C1CCSC1. The van der Waals surface area contributed by atoms with E-state index in [1.807, 2.05) is 17.8 Å². The first-order valence-corrected chi connectivity index (χ1v) is 8.90. The number of nitrogens with one attached hydrogen (secondary N) is 1. The molecule has 1 aliphatic heterocycles. The maximum atomic E-state index is 13.1. The first-order chi connectivity index (χ1) is 9.20. The highest BCUT2D eigenvalue weighted by Gasteiger charge is 2.25. The van der Waals surface area contributed by atoms with Crippen LogP contribution in [0.4, 0.5) is 4.39 Å². The highest BCUT2D eigenvalue weighted by Crippen LogP contribution is 2.29. The van der Waals surface area contributed by atoms with Gasteiger partial charge in [0.15, 0.2) is 0 Å². The van der Waals surface area contributed by atoms with Crippen molar-refractivity contribution in [2.24, 2.45) is 5.92 Å². The fourth-order valence-corrected chi connectivity index (χ4v) is 4.38. The normalized spacial score (nSPS) is 20.7. The molecule has 4 heteroatoms. The minimum absolute atomic E-state index is 0.176. The molecule has 1 saturated heterocycles. The van der Waals surface area contributed by atoms with Gasteiger partial charge in [-0.3, -0.25) is 0 Å². The summed E-state index contributed by atoms with van der Waals surface area (Å²) in [6.07, 6.45) is 3.43. The summed E-state index contributed by atoms with van der Waals surface area (Å²) in [5.41, 5.74) is 1.20. The average Bonchev–Trinajstić information content (AvgIpc) is 2.90. The minimum Gasteiger partial charge on any atom is -0.313 e. The zero-order valence-electron chi connectivity index (χ0n) is 11.3. The second-order valence-electron chi connectivity index (χ2n) is 5.12.